The Bertz CT molecular complexity index is 640. The van der Waals surface area contributed by atoms with Gasteiger partial charge in [-0.3, -0.25) is 4.79 Å². The Morgan fingerprint density at radius 3 is 2.60 bits per heavy atom. The van der Waals surface area contributed by atoms with E-state index in [-0.39, 0.29) is 5.91 Å². The summed E-state index contributed by atoms with van der Waals surface area (Å²) in [6.45, 7) is 3.27. The van der Waals surface area contributed by atoms with E-state index in [2.05, 4.69) is 18.2 Å². The lowest BCUT2D eigenvalue weighted by Crippen LogP contribution is -2.34. The molecular formula is C17H17NO2. The number of amides is 1. The van der Waals surface area contributed by atoms with E-state index >= 15 is 0 Å². The van der Waals surface area contributed by atoms with Crippen LogP contribution in [0.25, 0.3) is 5.57 Å². The third-order valence-electron chi connectivity index (χ3n) is 3.70. The standard InChI is InChI=1S/C17H17NO2/c1-13-9-12-20-16(13)17(19)18-10-7-15(8-11-18)14-5-3-2-4-6-14/h2-7,9,12H,8,10-11H2,1H3. The zero-order valence-electron chi connectivity index (χ0n) is 11.5. The van der Waals surface area contributed by atoms with Crippen LogP contribution in [-0.2, 0) is 0 Å². The first-order valence-electron chi connectivity index (χ1n) is 6.83. The van der Waals surface area contributed by atoms with E-state index in [0.717, 1.165) is 18.5 Å². The highest BCUT2D eigenvalue weighted by atomic mass is 16.3. The number of hydrogen-bond acceptors (Lipinski definition) is 2. The number of carbonyl (C=O) groups excluding carboxylic acids is 1. The van der Waals surface area contributed by atoms with Crippen LogP contribution in [0, 0.1) is 6.92 Å². The lowest BCUT2D eigenvalue weighted by atomic mass is 9.99. The van der Waals surface area contributed by atoms with Gasteiger partial charge in [0.15, 0.2) is 5.76 Å². The van der Waals surface area contributed by atoms with Crippen molar-refractivity contribution in [3.05, 3.63) is 65.6 Å². The Kier molecular flexibility index (Phi) is 3.42. The van der Waals surface area contributed by atoms with Crippen molar-refractivity contribution in [2.75, 3.05) is 13.1 Å². The van der Waals surface area contributed by atoms with Crippen LogP contribution in [0.15, 0.2) is 53.2 Å². The molecule has 0 atom stereocenters. The molecule has 0 radical (unpaired) electrons. The molecule has 0 bridgehead atoms. The van der Waals surface area contributed by atoms with Gasteiger partial charge < -0.3 is 9.32 Å². The molecule has 0 spiro atoms. The monoisotopic (exact) mass is 267 g/mol. The van der Waals surface area contributed by atoms with Crippen LogP contribution in [-0.4, -0.2) is 23.9 Å². The number of aryl methyl sites for hydroxylation is 1. The fourth-order valence-corrected chi connectivity index (χ4v) is 2.50. The van der Waals surface area contributed by atoms with Crippen molar-refractivity contribution in [1.82, 2.24) is 4.90 Å². The summed E-state index contributed by atoms with van der Waals surface area (Å²) in [4.78, 5) is 14.2. The molecule has 1 aliphatic rings. The topological polar surface area (TPSA) is 33.5 Å². The number of benzene rings is 1. The molecule has 1 aromatic heterocycles. The lowest BCUT2D eigenvalue weighted by Gasteiger charge is -2.26. The number of furan rings is 1. The fourth-order valence-electron chi connectivity index (χ4n) is 2.50. The summed E-state index contributed by atoms with van der Waals surface area (Å²) in [6.07, 6.45) is 4.59. The quantitative estimate of drug-likeness (QED) is 0.834. The largest absolute Gasteiger partial charge is 0.459 e. The smallest absolute Gasteiger partial charge is 0.290 e. The molecular weight excluding hydrogens is 250 g/mol. The highest BCUT2D eigenvalue weighted by Gasteiger charge is 2.22. The van der Waals surface area contributed by atoms with Gasteiger partial charge in [-0.25, -0.2) is 0 Å². The van der Waals surface area contributed by atoms with Gasteiger partial charge in [-0.1, -0.05) is 36.4 Å². The van der Waals surface area contributed by atoms with Crippen molar-refractivity contribution in [1.29, 1.82) is 0 Å². The molecule has 1 aliphatic heterocycles. The molecule has 0 saturated heterocycles. The summed E-state index contributed by atoms with van der Waals surface area (Å²) in [5.41, 5.74) is 3.45. The fraction of sp³-hybridized carbons (Fsp3) is 0.235. The van der Waals surface area contributed by atoms with Gasteiger partial charge in [-0.15, -0.1) is 0 Å². The van der Waals surface area contributed by atoms with Gasteiger partial charge in [0.2, 0.25) is 0 Å². The van der Waals surface area contributed by atoms with Crippen molar-refractivity contribution in [3.8, 4) is 0 Å². The molecule has 20 heavy (non-hydrogen) atoms. The van der Waals surface area contributed by atoms with Gasteiger partial charge in [0.05, 0.1) is 6.26 Å². The van der Waals surface area contributed by atoms with Crippen LogP contribution in [0.1, 0.15) is 28.1 Å². The molecule has 0 N–H and O–H groups in total. The summed E-state index contributed by atoms with van der Waals surface area (Å²) in [5, 5.41) is 0. The third kappa shape index (κ3) is 2.39. The van der Waals surface area contributed by atoms with E-state index in [1.165, 1.54) is 11.1 Å². The maximum Gasteiger partial charge on any atom is 0.290 e. The van der Waals surface area contributed by atoms with Gasteiger partial charge in [-0.05, 0) is 30.5 Å². The van der Waals surface area contributed by atoms with Crippen LogP contribution < -0.4 is 0 Å². The maximum atomic E-state index is 12.3. The third-order valence-corrected chi connectivity index (χ3v) is 3.70. The second-order valence-corrected chi connectivity index (χ2v) is 5.03. The van der Waals surface area contributed by atoms with E-state index in [9.17, 15) is 4.79 Å². The van der Waals surface area contributed by atoms with Gasteiger partial charge in [-0.2, -0.15) is 0 Å². The predicted octanol–water partition coefficient (Wildman–Crippen LogP) is 3.52. The first kappa shape index (κ1) is 12.7. The van der Waals surface area contributed by atoms with Gasteiger partial charge >= 0.3 is 0 Å². The molecule has 102 valence electrons. The molecule has 2 aromatic rings. The molecule has 3 rings (SSSR count). The van der Waals surface area contributed by atoms with E-state index in [0.29, 0.717) is 12.3 Å². The second kappa shape index (κ2) is 5.37. The second-order valence-electron chi connectivity index (χ2n) is 5.03. The Hall–Kier alpha value is -2.29. The average molecular weight is 267 g/mol. The van der Waals surface area contributed by atoms with Crippen molar-refractivity contribution in [2.24, 2.45) is 0 Å². The van der Waals surface area contributed by atoms with Crippen LogP contribution in [0.4, 0.5) is 0 Å². The molecule has 2 heterocycles. The van der Waals surface area contributed by atoms with Gasteiger partial charge in [0.1, 0.15) is 0 Å². The van der Waals surface area contributed by atoms with E-state index < -0.39 is 0 Å². The lowest BCUT2D eigenvalue weighted by molar-refractivity contribution is 0.0740. The minimum Gasteiger partial charge on any atom is -0.459 e. The highest BCUT2D eigenvalue weighted by Crippen LogP contribution is 2.23. The van der Waals surface area contributed by atoms with Crippen LogP contribution in [0.2, 0.25) is 0 Å². The Morgan fingerprint density at radius 1 is 1.20 bits per heavy atom. The predicted molar refractivity (Wildman–Crippen MR) is 78.4 cm³/mol. The van der Waals surface area contributed by atoms with Crippen molar-refractivity contribution in [2.45, 2.75) is 13.3 Å². The Morgan fingerprint density at radius 2 is 2.00 bits per heavy atom. The minimum atomic E-state index is -0.0177. The first-order chi connectivity index (χ1) is 9.75. The molecule has 0 saturated carbocycles. The normalized spacial score (nSPS) is 15.1. The molecule has 1 amide bonds. The van der Waals surface area contributed by atoms with Crippen LogP contribution >= 0.6 is 0 Å². The van der Waals surface area contributed by atoms with Crippen LogP contribution in [0.3, 0.4) is 0 Å². The Labute approximate surface area is 118 Å². The first-order valence-corrected chi connectivity index (χ1v) is 6.83. The molecule has 1 aromatic carbocycles. The average Bonchev–Trinajstić information content (AvgIpc) is 2.94. The summed E-state index contributed by atoms with van der Waals surface area (Å²) < 4.78 is 5.28. The number of hydrogen-bond donors (Lipinski definition) is 0. The van der Waals surface area contributed by atoms with Crippen molar-refractivity contribution >= 4 is 11.5 Å². The Balaban J connectivity index is 1.74. The molecule has 0 unspecified atom stereocenters. The summed E-state index contributed by atoms with van der Waals surface area (Å²) in [6, 6.07) is 12.1. The summed E-state index contributed by atoms with van der Waals surface area (Å²) in [7, 11) is 0. The zero-order chi connectivity index (χ0) is 13.9. The minimum absolute atomic E-state index is 0.0177. The van der Waals surface area contributed by atoms with E-state index in [4.69, 9.17) is 4.42 Å². The summed E-state index contributed by atoms with van der Waals surface area (Å²) in [5.74, 6) is 0.442. The number of rotatable bonds is 2. The van der Waals surface area contributed by atoms with E-state index in [1.807, 2.05) is 36.1 Å². The zero-order valence-corrected chi connectivity index (χ0v) is 11.5. The highest BCUT2D eigenvalue weighted by molar-refractivity contribution is 5.93. The molecule has 3 nitrogen and oxygen atoms in total. The van der Waals surface area contributed by atoms with Crippen molar-refractivity contribution < 1.29 is 9.21 Å². The maximum absolute atomic E-state index is 12.3. The number of carbonyl (C=O) groups is 1. The molecule has 0 aliphatic carbocycles. The molecule has 3 heteroatoms. The van der Waals surface area contributed by atoms with Crippen molar-refractivity contribution in [3.63, 3.8) is 0 Å². The number of nitrogens with zero attached hydrogens (tertiary/aromatic N) is 1. The van der Waals surface area contributed by atoms with Gasteiger partial charge in [0, 0.05) is 18.7 Å². The van der Waals surface area contributed by atoms with E-state index in [1.54, 1.807) is 6.26 Å². The van der Waals surface area contributed by atoms with Crippen LogP contribution in [0.5, 0.6) is 0 Å². The molecule has 0 fully saturated rings. The SMILES string of the molecule is Cc1ccoc1C(=O)N1CC=C(c2ccccc2)CC1. The summed E-state index contributed by atoms with van der Waals surface area (Å²) >= 11 is 0. The van der Waals surface area contributed by atoms with Gasteiger partial charge in [0.25, 0.3) is 5.91 Å².